The average Bonchev–Trinajstić information content (AvgIpc) is 2.27. The highest BCUT2D eigenvalue weighted by molar-refractivity contribution is 5.78. The molecule has 0 aromatic rings. The van der Waals surface area contributed by atoms with Gasteiger partial charge in [0.1, 0.15) is 5.54 Å². The van der Waals surface area contributed by atoms with Gasteiger partial charge in [0.05, 0.1) is 0 Å². The zero-order valence-corrected chi connectivity index (χ0v) is 11.3. The molecule has 0 fully saturated rings. The summed E-state index contributed by atoms with van der Waals surface area (Å²) in [5, 5.41) is 12.7. The number of hydrogen-bond acceptors (Lipinski definition) is 2. The molecule has 2 N–H and O–H groups in total. The maximum absolute atomic E-state index is 11.5. The van der Waals surface area contributed by atoms with Gasteiger partial charge in [-0.15, -0.1) is 0 Å². The van der Waals surface area contributed by atoms with Crippen LogP contribution in [0.2, 0.25) is 0 Å². The second-order valence-corrected chi connectivity index (χ2v) is 4.91. The second-order valence-electron chi connectivity index (χ2n) is 4.91. The maximum Gasteiger partial charge on any atom is 0.323 e. The number of carboxylic acids is 1. The molecule has 0 aliphatic carbocycles. The summed E-state index contributed by atoms with van der Waals surface area (Å²) >= 11 is 0. The molecule has 16 heavy (non-hydrogen) atoms. The molecule has 0 spiro atoms. The molecular weight excluding hydrogens is 202 g/mol. The highest BCUT2D eigenvalue weighted by atomic mass is 16.4. The Morgan fingerprint density at radius 2 is 1.81 bits per heavy atom. The van der Waals surface area contributed by atoms with Gasteiger partial charge in [0.2, 0.25) is 0 Å². The van der Waals surface area contributed by atoms with Crippen molar-refractivity contribution < 1.29 is 9.90 Å². The molecule has 0 bridgehead atoms. The van der Waals surface area contributed by atoms with Gasteiger partial charge in [-0.1, -0.05) is 34.1 Å². The van der Waals surface area contributed by atoms with Crippen LogP contribution in [0.25, 0.3) is 0 Å². The minimum atomic E-state index is -0.745. The predicted octanol–water partition coefficient (Wildman–Crippen LogP) is 3.04. The lowest BCUT2D eigenvalue weighted by Gasteiger charge is -2.34. The Morgan fingerprint density at radius 3 is 2.12 bits per heavy atom. The number of carboxylic acid groups (broad SMARTS) is 1. The first kappa shape index (κ1) is 15.4. The van der Waals surface area contributed by atoms with E-state index in [1.54, 1.807) is 0 Å². The topological polar surface area (TPSA) is 49.3 Å². The average molecular weight is 229 g/mol. The Labute approximate surface area is 99.6 Å². The molecular formula is C13H27NO2. The fraction of sp³-hybridized carbons (Fsp3) is 0.923. The zero-order chi connectivity index (χ0) is 12.8. The number of aliphatic carboxylic acids is 1. The SMILES string of the molecule is CCC(C)CC(CC)(NC(C)CC)C(=O)O. The van der Waals surface area contributed by atoms with Gasteiger partial charge < -0.3 is 5.11 Å². The van der Waals surface area contributed by atoms with Gasteiger partial charge in [0.15, 0.2) is 0 Å². The Bertz CT molecular complexity index is 204. The number of hydrogen-bond donors (Lipinski definition) is 2. The molecule has 0 aliphatic rings. The van der Waals surface area contributed by atoms with Gasteiger partial charge >= 0.3 is 5.97 Å². The Morgan fingerprint density at radius 1 is 1.25 bits per heavy atom. The summed E-state index contributed by atoms with van der Waals surface area (Å²) in [5.74, 6) is -0.275. The van der Waals surface area contributed by atoms with Crippen LogP contribution < -0.4 is 5.32 Å². The second kappa shape index (κ2) is 6.89. The summed E-state index contributed by atoms with van der Waals surface area (Å²) < 4.78 is 0. The van der Waals surface area contributed by atoms with Crippen molar-refractivity contribution in [3.8, 4) is 0 Å². The lowest BCUT2D eigenvalue weighted by atomic mass is 9.84. The molecule has 0 aromatic heterocycles. The highest BCUT2D eigenvalue weighted by Gasteiger charge is 2.38. The van der Waals surface area contributed by atoms with E-state index in [0.29, 0.717) is 18.8 Å². The van der Waals surface area contributed by atoms with Crippen molar-refractivity contribution in [3.63, 3.8) is 0 Å². The summed E-state index contributed by atoms with van der Waals surface area (Å²) in [6, 6.07) is 0.250. The van der Waals surface area contributed by atoms with Crippen molar-refractivity contribution in [2.75, 3.05) is 0 Å². The number of nitrogens with one attached hydrogen (secondary N) is 1. The third-order valence-electron chi connectivity index (χ3n) is 3.54. The molecule has 0 saturated carbocycles. The van der Waals surface area contributed by atoms with Gasteiger partial charge in [-0.05, 0) is 32.1 Å². The van der Waals surface area contributed by atoms with E-state index in [4.69, 9.17) is 0 Å². The molecule has 0 saturated heterocycles. The molecule has 3 nitrogen and oxygen atoms in total. The third-order valence-corrected chi connectivity index (χ3v) is 3.54. The van der Waals surface area contributed by atoms with Crippen molar-refractivity contribution in [2.45, 2.75) is 71.9 Å². The van der Waals surface area contributed by atoms with Crippen LogP contribution in [0, 0.1) is 5.92 Å². The minimum Gasteiger partial charge on any atom is -0.480 e. The van der Waals surface area contributed by atoms with Gasteiger partial charge in [-0.2, -0.15) is 0 Å². The van der Waals surface area contributed by atoms with Crippen molar-refractivity contribution >= 4 is 5.97 Å². The first-order valence-electron chi connectivity index (χ1n) is 6.42. The summed E-state index contributed by atoms with van der Waals surface area (Å²) in [7, 11) is 0. The molecule has 0 aliphatic heterocycles. The van der Waals surface area contributed by atoms with Gasteiger partial charge in [0.25, 0.3) is 0 Å². The van der Waals surface area contributed by atoms with E-state index < -0.39 is 11.5 Å². The number of carbonyl (C=O) groups is 1. The molecule has 0 radical (unpaired) electrons. The minimum absolute atomic E-state index is 0.250. The van der Waals surface area contributed by atoms with Gasteiger partial charge in [0, 0.05) is 6.04 Å². The van der Waals surface area contributed by atoms with Crippen LogP contribution in [0.15, 0.2) is 0 Å². The van der Waals surface area contributed by atoms with E-state index in [-0.39, 0.29) is 6.04 Å². The fourth-order valence-electron chi connectivity index (χ4n) is 1.92. The van der Waals surface area contributed by atoms with Gasteiger partial charge in [-0.25, -0.2) is 0 Å². The first-order valence-corrected chi connectivity index (χ1v) is 6.42. The van der Waals surface area contributed by atoms with Crippen molar-refractivity contribution in [1.29, 1.82) is 0 Å². The number of rotatable bonds is 8. The van der Waals surface area contributed by atoms with E-state index in [0.717, 1.165) is 12.8 Å². The van der Waals surface area contributed by atoms with Crippen molar-refractivity contribution in [3.05, 3.63) is 0 Å². The largest absolute Gasteiger partial charge is 0.480 e. The summed E-state index contributed by atoms with van der Waals surface area (Å²) in [4.78, 5) is 11.5. The fourth-order valence-corrected chi connectivity index (χ4v) is 1.92. The summed E-state index contributed by atoms with van der Waals surface area (Å²) in [5.41, 5.74) is -0.745. The van der Waals surface area contributed by atoms with Gasteiger partial charge in [-0.3, -0.25) is 10.1 Å². The normalized spacial score (nSPS) is 18.8. The monoisotopic (exact) mass is 229 g/mol. The third kappa shape index (κ3) is 4.12. The Balaban J connectivity index is 4.78. The van der Waals surface area contributed by atoms with Crippen LogP contribution in [-0.2, 0) is 4.79 Å². The molecule has 3 unspecified atom stereocenters. The molecule has 0 amide bonds. The van der Waals surface area contributed by atoms with Crippen molar-refractivity contribution in [2.24, 2.45) is 5.92 Å². The quantitative estimate of drug-likeness (QED) is 0.672. The maximum atomic E-state index is 11.5. The predicted molar refractivity (Wildman–Crippen MR) is 67.6 cm³/mol. The van der Waals surface area contributed by atoms with Crippen LogP contribution in [0.3, 0.4) is 0 Å². The molecule has 96 valence electrons. The van der Waals surface area contributed by atoms with E-state index in [9.17, 15) is 9.90 Å². The molecule has 3 atom stereocenters. The lowest BCUT2D eigenvalue weighted by Crippen LogP contribution is -2.55. The van der Waals surface area contributed by atoms with Crippen LogP contribution in [0.4, 0.5) is 0 Å². The Kier molecular flexibility index (Phi) is 6.65. The van der Waals surface area contributed by atoms with E-state index in [1.165, 1.54) is 0 Å². The van der Waals surface area contributed by atoms with Crippen LogP contribution >= 0.6 is 0 Å². The van der Waals surface area contributed by atoms with E-state index in [2.05, 4.69) is 26.1 Å². The van der Waals surface area contributed by atoms with E-state index in [1.807, 2.05) is 13.8 Å². The summed E-state index contributed by atoms with van der Waals surface area (Å²) in [6.45, 7) is 10.3. The molecule has 0 heterocycles. The van der Waals surface area contributed by atoms with Crippen LogP contribution in [-0.4, -0.2) is 22.7 Å². The smallest absolute Gasteiger partial charge is 0.323 e. The molecule has 0 rings (SSSR count). The lowest BCUT2D eigenvalue weighted by molar-refractivity contribution is -0.146. The standard InChI is InChI=1S/C13H27NO2/c1-6-10(4)9-13(8-3,12(15)16)14-11(5)7-2/h10-11,14H,6-9H2,1-5H3,(H,15,16). The highest BCUT2D eigenvalue weighted by Crippen LogP contribution is 2.24. The van der Waals surface area contributed by atoms with E-state index >= 15 is 0 Å². The first-order chi connectivity index (χ1) is 7.41. The zero-order valence-electron chi connectivity index (χ0n) is 11.3. The Hall–Kier alpha value is -0.570. The molecule has 0 aromatic carbocycles. The molecule has 3 heteroatoms. The van der Waals surface area contributed by atoms with Crippen molar-refractivity contribution in [1.82, 2.24) is 5.32 Å². The van der Waals surface area contributed by atoms with Crippen LogP contribution in [0.5, 0.6) is 0 Å². The summed E-state index contributed by atoms with van der Waals surface area (Å²) in [6.07, 6.45) is 3.32. The van der Waals surface area contributed by atoms with Crippen LogP contribution in [0.1, 0.15) is 60.3 Å².